The van der Waals surface area contributed by atoms with Crippen molar-refractivity contribution < 1.29 is 8.42 Å². The van der Waals surface area contributed by atoms with Crippen molar-refractivity contribution >= 4 is 17.9 Å². The zero-order chi connectivity index (χ0) is 14.8. The molecule has 0 aromatic heterocycles. The van der Waals surface area contributed by atoms with E-state index in [9.17, 15) is 13.7 Å². The summed E-state index contributed by atoms with van der Waals surface area (Å²) in [6.45, 7) is 7.86. The molecule has 4 nitrogen and oxygen atoms in total. The van der Waals surface area contributed by atoms with E-state index in [1.54, 1.807) is 6.92 Å². The van der Waals surface area contributed by atoms with Crippen LogP contribution < -0.4 is 0 Å². The third kappa shape index (κ3) is 2.97. The van der Waals surface area contributed by atoms with Gasteiger partial charge in [0.25, 0.3) is 0 Å². The summed E-state index contributed by atoms with van der Waals surface area (Å²) in [7, 11) is -5.32. The van der Waals surface area contributed by atoms with Gasteiger partial charge < -0.3 is 0 Å². The first-order chi connectivity index (χ1) is 8.69. The lowest BCUT2D eigenvalue weighted by molar-refractivity contribution is 0.599. The number of allylic oxidation sites excluding steroid dienone is 4. The summed E-state index contributed by atoms with van der Waals surface area (Å²) in [5, 5.41) is 18.3. The van der Waals surface area contributed by atoms with E-state index in [1.807, 2.05) is 31.8 Å². The maximum Gasteiger partial charge on any atom is 0.174 e. The molecule has 0 aliphatic heterocycles. The summed E-state index contributed by atoms with van der Waals surface area (Å²) in [6.07, 6.45) is 1.94. The molecule has 1 rings (SSSR count). The molecule has 6 heteroatoms. The van der Waals surface area contributed by atoms with Crippen LogP contribution in [0.4, 0.5) is 0 Å². The van der Waals surface area contributed by atoms with Crippen LogP contribution in [0.2, 0.25) is 25.2 Å². The molecule has 0 radical (unpaired) electrons. The quantitative estimate of drug-likeness (QED) is 0.746. The van der Waals surface area contributed by atoms with Gasteiger partial charge in [0, 0.05) is 5.54 Å². The van der Waals surface area contributed by atoms with Crippen LogP contribution in [0.5, 0.6) is 0 Å². The Balaban J connectivity index is 3.46. The largest absolute Gasteiger partial charge is 0.224 e. The van der Waals surface area contributed by atoms with Crippen LogP contribution in [0.3, 0.4) is 0 Å². The molecule has 0 heterocycles. The number of rotatable bonds is 4. The normalized spacial score (nSPS) is 19.9. The van der Waals surface area contributed by atoms with Gasteiger partial charge in [-0.3, -0.25) is 0 Å². The Morgan fingerprint density at radius 2 is 1.84 bits per heavy atom. The molecule has 0 N–H and O–H groups in total. The van der Waals surface area contributed by atoms with Crippen molar-refractivity contribution in [2.45, 2.75) is 38.5 Å². The molecule has 0 saturated heterocycles. The lowest BCUT2D eigenvalue weighted by atomic mass is 10.2. The standard InChI is InChI=1S/C13H18N2O2SSi/c1-5-6-18(16,17)12-7-10(8-14)11(9-15)13(12)19(2,3)4/h7,13H,5-6H2,1-4H3. The third-order valence-electron chi connectivity index (χ3n) is 3.09. The monoisotopic (exact) mass is 294 g/mol. The molecule has 1 aliphatic carbocycles. The molecule has 0 fully saturated rings. The van der Waals surface area contributed by atoms with Gasteiger partial charge in [-0.2, -0.15) is 10.5 Å². The van der Waals surface area contributed by atoms with Gasteiger partial charge in [0.1, 0.15) is 6.07 Å². The minimum Gasteiger partial charge on any atom is -0.224 e. The van der Waals surface area contributed by atoms with Crippen LogP contribution in [0.15, 0.2) is 22.1 Å². The van der Waals surface area contributed by atoms with E-state index in [2.05, 4.69) is 0 Å². The maximum atomic E-state index is 12.3. The van der Waals surface area contributed by atoms with Gasteiger partial charge in [-0.1, -0.05) is 26.6 Å². The second-order valence-electron chi connectivity index (χ2n) is 5.72. The Kier molecular flexibility index (Phi) is 4.39. The fourth-order valence-corrected chi connectivity index (χ4v) is 7.50. The van der Waals surface area contributed by atoms with Crippen LogP contribution in [0.1, 0.15) is 13.3 Å². The van der Waals surface area contributed by atoms with Gasteiger partial charge in [0.05, 0.1) is 35.9 Å². The van der Waals surface area contributed by atoms with Gasteiger partial charge >= 0.3 is 0 Å². The smallest absolute Gasteiger partial charge is 0.174 e. The molecule has 1 unspecified atom stereocenters. The minimum atomic E-state index is -3.38. The molecule has 0 spiro atoms. The molecule has 0 aromatic rings. The summed E-state index contributed by atoms with van der Waals surface area (Å²) in [4.78, 5) is 0.279. The minimum absolute atomic E-state index is 0.0667. The molecule has 0 bridgehead atoms. The first-order valence-electron chi connectivity index (χ1n) is 6.17. The van der Waals surface area contributed by atoms with Crippen molar-refractivity contribution in [3.8, 4) is 12.1 Å². The van der Waals surface area contributed by atoms with Crippen LogP contribution in [-0.4, -0.2) is 22.2 Å². The molecule has 0 amide bonds. The van der Waals surface area contributed by atoms with Crippen molar-refractivity contribution in [2.75, 3.05) is 5.75 Å². The Hall–Kier alpha value is -1.37. The third-order valence-corrected chi connectivity index (χ3v) is 7.65. The van der Waals surface area contributed by atoms with Gasteiger partial charge in [0.2, 0.25) is 0 Å². The summed E-state index contributed by atoms with van der Waals surface area (Å²) < 4.78 is 24.6. The second kappa shape index (κ2) is 5.32. The Labute approximate surface area is 116 Å². The predicted molar refractivity (Wildman–Crippen MR) is 77.5 cm³/mol. The van der Waals surface area contributed by atoms with Crippen LogP contribution in [-0.2, 0) is 9.84 Å². The Morgan fingerprint density at radius 3 is 2.21 bits per heavy atom. The fraction of sp³-hybridized carbons (Fsp3) is 0.538. The SMILES string of the molecule is CCCS(=O)(=O)C1=CC(C#N)=C(C#N)C1[Si](C)(C)C. The zero-order valence-electron chi connectivity index (χ0n) is 11.7. The summed E-state index contributed by atoms with van der Waals surface area (Å²) >= 11 is 0. The molecule has 0 saturated carbocycles. The Morgan fingerprint density at radius 1 is 1.26 bits per heavy atom. The van der Waals surface area contributed by atoms with Crippen LogP contribution >= 0.6 is 0 Å². The van der Waals surface area contributed by atoms with Crippen LogP contribution in [0, 0.1) is 22.7 Å². The van der Waals surface area contributed by atoms with E-state index in [4.69, 9.17) is 5.26 Å². The number of hydrogen-bond donors (Lipinski definition) is 0. The first kappa shape index (κ1) is 15.7. The van der Waals surface area contributed by atoms with E-state index in [0.717, 1.165) is 0 Å². The lowest BCUT2D eigenvalue weighted by Gasteiger charge is -2.27. The van der Waals surface area contributed by atoms with Crippen molar-refractivity contribution in [1.82, 2.24) is 0 Å². The topological polar surface area (TPSA) is 81.7 Å². The van der Waals surface area contributed by atoms with Crippen molar-refractivity contribution in [3.05, 3.63) is 22.1 Å². The van der Waals surface area contributed by atoms with Crippen LogP contribution in [0.25, 0.3) is 0 Å². The first-order valence-corrected chi connectivity index (χ1v) is 11.4. The zero-order valence-corrected chi connectivity index (χ0v) is 13.5. The molecule has 19 heavy (non-hydrogen) atoms. The average molecular weight is 294 g/mol. The molecular weight excluding hydrogens is 276 g/mol. The van der Waals surface area contributed by atoms with E-state index in [1.165, 1.54) is 6.08 Å². The molecular formula is C13H18N2O2SSi. The lowest BCUT2D eigenvalue weighted by Crippen LogP contribution is -2.32. The van der Waals surface area contributed by atoms with Crippen molar-refractivity contribution in [1.29, 1.82) is 10.5 Å². The number of sulfone groups is 1. The summed E-state index contributed by atoms with van der Waals surface area (Å²) in [5.74, 6) is 0.0667. The summed E-state index contributed by atoms with van der Waals surface area (Å²) in [5.41, 5.74) is 0.157. The van der Waals surface area contributed by atoms with E-state index < -0.39 is 17.9 Å². The summed E-state index contributed by atoms with van der Waals surface area (Å²) in [6, 6.07) is 3.99. The highest BCUT2D eigenvalue weighted by Gasteiger charge is 2.43. The van der Waals surface area contributed by atoms with Gasteiger partial charge in [-0.25, -0.2) is 8.42 Å². The second-order valence-corrected chi connectivity index (χ2v) is 13.1. The highest BCUT2D eigenvalue weighted by atomic mass is 32.2. The van der Waals surface area contributed by atoms with Crippen molar-refractivity contribution in [2.24, 2.45) is 0 Å². The highest BCUT2D eigenvalue weighted by molar-refractivity contribution is 7.95. The Bertz CT molecular complexity index is 625. The van der Waals surface area contributed by atoms with E-state index in [-0.39, 0.29) is 21.8 Å². The van der Waals surface area contributed by atoms with Gasteiger partial charge in [-0.05, 0) is 12.5 Å². The highest BCUT2D eigenvalue weighted by Crippen LogP contribution is 2.45. The molecule has 1 atom stereocenters. The van der Waals surface area contributed by atoms with Gasteiger partial charge in [-0.15, -0.1) is 0 Å². The molecule has 0 aromatic carbocycles. The maximum absolute atomic E-state index is 12.3. The average Bonchev–Trinajstić information content (AvgIpc) is 2.67. The van der Waals surface area contributed by atoms with E-state index in [0.29, 0.717) is 12.0 Å². The molecule has 1 aliphatic rings. The van der Waals surface area contributed by atoms with E-state index >= 15 is 0 Å². The predicted octanol–water partition coefficient (Wildman–Crippen LogP) is 2.76. The van der Waals surface area contributed by atoms with Gasteiger partial charge in [0.15, 0.2) is 9.84 Å². The number of nitrogens with zero attached hydrogens (tertiary/aromatic N) is 2. The fourth-order valence-electron chi connectivity index (χ4n) is 2.33. The molecule has 102 valence electrons. The number of hydrogen-bond acceptors (Lipinski definition) is 4. The number of nitriles is 2. The van der Waals surface area contributed by atoms with Crippen molar-refractivity contribution in [3.63, 3.8) is 0 Å².